The Hall–Kier alpha value is -1.35. The van der Waals surface area contributed by atoms with Crippen molar-refractivity contribution in [3.8, 4) is 0 Å². The first-order chi connectivity index (χ1) is 9.63. The van der Waals surface area contributed by atoms with Crippen LogP contribution in [0.2, 0.25) is 10.0 Å². The monoisotopic (exact) mass is 307 g/mol. The number of hydrogen-bond acceptors (Lipinski definition) is 2. The molecule has 0 saturated heterocycles. The molecule has 0 amide bonds. The second kappa shape index (κ2) is 6.89. The van der Waals surface area contributed by atoms with Crippen LogP contribution in [0.4, 0.5) is 0 Å². The lowest BCUT2D eigenvalue weighted by Gasteiger charge is -2.14. The molecule has 2 rings (SSSR count). The first-order valence-corrected chi connectivity index (χ1v) is 7.09. The number of carbonyl (C=O) groups excluding carboxylic acids is 1. The summed E-state index contributed by atoms with van der Waals surface area (Å²) < 4.78 is 0. The molecule has 1 atom stereocenters. The first kappa shape index (κ1) is 15.0. The van der Waals surface area contributed by atoms with Gasteiger partial charge in [0.25, 0.3) is 0 Å². The highest BCUT2D eigenvalue weighted by Crippen LogP contribution is 2.27. The molecule has 2 nitrogen and oxygen atoms in total. The Morgan fingerprint density at radius 1 is 1.05 bits per heavy atom. The molecule has 0 heterocycles. The molecule has 0 spiro atoms. The molecule has 0 saturated carbocycles. The number of rotatable bonds is 5. The summed E-state index contributed by atoms with van der Waals surface area (Å²) in [5.74, 6) is -0.269. The van der Waals surface area contributed by atoms with Crippen molar-refractivity contribution >= 4 is 29.0 Å². The van der Waals surface area contributed by atoms with Crippen LogP contribution >= 0.6 is 23.2 Å². The molecule has 0 radical (unpaired) electrons. The molecule has 1 unspecified atom stereocenters. The minimum atomic E-state index is -0.314. The van der Waals surface area contributed by atoms with Gasteiger partial charge >= 0.3 is 0 Å². The number of carbonyl (C=O) groups is 1. The summed E-state index contributed by atoms with van der Waals surface area (Å²) in [7, 11) is 0. The number of ketones is 1. The highest BCUT2D eigenvalue weighted by molar-refractivity contribution is 6.42. The zero-order chi connectivity index (χ0) is 14.5. The maximum Gasteiger partial charge on any atom is 0.146 e. The predicted molar refractivity (Wildman–Crippen MR) is 83.4 cm³/mol. The second-order valence-electron chi connectivity index (χ2n) is 4.56. The van der Waals surface area contributed by atoms with Gasteiger partial charge in [0.15, 0.2) is 0 Å². The van der Waals surface area contributed by atoms with Gasteiger partial charge < -0.3 is 5.73 Å². The van der Waals surface area contributed by atoms with E-state index in [2.05, 4.69) is 0 Å². The highest BCUT2D eigenvalue weighted by atomic mass is 35.5. The first-order valence-electron chi connectivity index (χ1n) is 6.34. The maximum absolute atomic E-state index is 12.4. The Labute approximate surface area is 128 Å². The fraction of sp³-hybridized carbons (Fsp3) is 0.188. The van der Waals surface area contributed by atoms with Crippen molar-refractivity contribution in [2.45, 2.75) is 12.3 Å². The van der Waals surface area contributed by atoms with Crippen LogP contribution in [-0.4, -0.2) is 12.3 Å². The number of benzene rings is 2. The van der Waals surface area contributed by atoms with Crippen molar-refractivity contribution < 1.29 is 4.79 Å². The van der Waals surface area contributed by atoms with Gasteiger partial charge in [-0.3, -0.25) is 4.79 Å². The molecule has 0 fully saturated rings. The van der Waals surface area contributed by atoms with E-state index in [0.717, 1.165) is 11.1 Å². The van der Waals surface area contributed by atoms with Crippen LogP contribution < -0.4 is 5.73 Å². The van der Waals surface area contributed by atoms with E-state index >= 15 is 0 Å². The molecule has 0 aliphatic rings. The van der Waals surface area contributed by atoms with Crippen molar-refractivity contribution in [1.82, 2.24) is 0 Å². The SMILES string of the molecule is NCC(C(=O)Cc1cccc(Cl)c1Cl)c1ccccc1. The van der Waals surface area contributed by atoms with Crippen LogP contribution in [0.1, 0.15) is 17.0 Å². The molecule has 0 aliphatic heterocycles. The van der Waals surface area contributed by atoms with E-state index in [0.29, 0.717) is 10.0 Å². The van der Waals surface area contributed by atoms with Gasteiger partial charge in [0.1, 0.15) is 5.78 Å². The molecule has 4 heteroatoms. The van der Waals surface area contributed by atoms with E-state index in [9.17, 15) is 4.79 Å². The van der Waals surface area contributed by atoms with Crippen molar-refractivity contribution in [1.29, 1.82) is 0 Å². The zero-order valence-electron chi connectivity index (χ0n) is 10.9. The van der Waals surface area contributed by atoms with Gasteiger partial charge in [0, 0.05) is 13.0 Å². The van der Waals surface area contributed by atoms with Crippen LogP contribution in [0, 0.1) is 0 Å². The average Bonchev–Trinajstić information content (AvgIpc) is 2.46. The van der Waals surface area contributed by atoms with E-state index in [1.165, 1.54) is 0 Å². The van der Waals surface area contributed by atoms with Gasteiger partial charge in [-0.25, -0.2) is 0 Å². The Kier molecular flexibility index (Phi) is 5.18. The number of hydrogen-bond donors (Lipinski definition) is 1. The third-order valence-electron chi connectivity index (χ3n) is 3.22. The van der Waals surface area contributed by atoms with E-state index < -0.39 is 0 Å². The fourth-order valence-corrected chi connectivity index (χ4v) is 2.52. The lowest BCUT2D eigenvalue weighted by atomic mass is 9.91. The lowest BCUT2D eigenvalue weighted by molar-refractivity contribution is -0.119. The third-order valence-corrected chi connectivity index (χ3v) is 4.08. The molecule has 2 aromatic carbocycles. The quantitative estimate of drug-likeness (QED) is 0.912. The summed E-state index contributed by atoms with van der Waals surface area (Å²) in [4.78, 5) is 12.4. The van der Waals surface area contributed by atoms with Crippen molar-refractivity contribution in [3.63, 3.8) is 0 Å². The maximum atomic E-state index is 12.4. The minimum absolute atomic E-state index is 0.0443. The number of Topliss-reactive ketones (excluding diaryl/α,β-unsaturated/α-hetero) is 1. The fourth-order valence-electron chi connectivity index (χ4n) is 2.13. The zero-order valence-corrected chi connectivity index (χ0v) is 12.4. The number of halogens is 2. The second-order valence-corrected chi connectivity index (χ2v) is 5.34. The summed E-state index contributed by atoms with van der Waals surface area (Å²) in [6.45, 7) is 0.279. The molecule has 20 heavy (non-hydrogen) atoms. The van der Waals surface area contributed by atoms with Gasteiger partial charge in [-0.2, -0.15) is 0 Å². The molecular weight excluding hydrogens is 293 g/mol. The molecule has 2 N–H and O–H groups in total. The summed E-state index contributed by atoms with van der Waals surface area (Å²) >= 11 is 12.1. The Morgan fingerprint density at radius 3 is 2.40 bits per heavy atom. The third kappa shape index (κ3) is 3.40. The largest absolute Gasteiger partial charge is 0.329 e. The van der Waals surface area contributed by atoms with E-state index in [4.69, 9.17) is 28.9 Å². The molecule has 0 aliphatic carbocycles. The Balaban J connectivity index is 2.20. The van der Waals surface area contributed by atoms with Crippen LogP contribution in [0.3, 0.4) is 0 Å². The van der Waals surface area contributed by atoms with Crippen LogP contribution in [0.5, 0.6) is 0 Å². The Morgan fingerprint density at radius 2 is 1.75 bits per heavy atom. The number of nitrogens with two attached hydrogens (primary N) is 1. The lowest BCUT2D eigenvalue weighted by Crippen LogP contribution is -2.23. The predicted octanol–water partition coefficient (Wildman–Crippen LogP) is 3.85. The van der Waals surface area contributed by atoms with Crippen LogP contribution in [0.15, 0.2) is 48.5 Å². The standard InChI is InChI=1S/C16H15Cl2NO/c17-14-8-4-7-12(16(14)18)9-15(20)13(10-19)11-5-2-1-3-6-11/h1-8,13H,9-10,19H2. The topological polar surface area (TPSA) is 43.1 Å². The van der Waals surface area contributed by atoms with Crippen LogP contribution in [0.25, 0.3) is 0 Å². The normalized spacial score (nSPS) is 12.2. The van der Waals surface area contributed by atoms with E-state index in [-0.39, 0.29) is 24.7 Å². The van der Waals surface area contributed by atoms with Gasteiger partial charge in [-0.05, 0) is 17.2 Å². The van der Waals surface area contributed by atoms with Crippen molar-refractivity contribution in [3.05, 3.63) is 69.7 Å². The van der Waals surface area contributed by atoms with Crippen molar-refractivity contribution in [2.24, 2.45) is 5.73 Å². The molecular formula is C16H15Cl2NO. The Bertz CT molecular complexity index is 599. The average molecular weight is 308 g/mol. The van der Waals surface area contributed by atoms with Crippen LogP contribution in [-0.2, 0) is 11.2 Å². The minimum Gasteiger partial charge on any atom is -0.329 e. The summed E-state index contributed by atoms with van der Waals surface area (Å²) in [6, 6.07) is 14.8. The molecule has 2 aromatic rings. The summed E-state index contributed by atoms with van der Waals surface area (Å²) in [6.07, 6.45) is 0.232. The van der Waals surface area contributed by atoms with Gasteiger partial charge in [0.05, 0.1) is 16.0 Å². The van der Waals surface area contributed by atoms with Gasteiger partial charge in [0.2, 0.25) is 0 Å². The van der Waals surface area contributed by atoms with Crippen molar-refractivity contribution in [2.75, 3.05) is 6.54 Å². The van der Waals surface area contributed by atoms with E-state index in [1.54, 1.807) is 12.1 Å². The van der Waals surface area contributed by atoms with E-state index in [1.807, 2.05) is 36.4 Å². The molecule has 0 aromatic heterocycles. The smallest absolute Gasteiger partial charge is 0.146 e. The molecule has 0 bridgehead atoms. The summed E-state index contributed by atoms with van der Waals surface area (Å²) in [5.41, 5.74) is 7.41. The van der Waals surface area contributed by atoms with Gasteiger partial charge in [-0.15, -0.1) is 0 Å². The highest BCUT2D eigenvalue weighted by Gasteiger charge is 2.20. The summed E-state index contributed by atoms with van der Waals surface area (Å²) in [5, 5.41) is 0.896. The molecule has 104 valence electrons. The van der Waals surface area contributed by atoms with Gasteiger partial charge in [-0.1, -0.05) is 65.7 Å².